The van der Waals surface area contributed by atoms with Gasteiger partial charge in [0.2, 0.25) is 11.4 Å². The van der Waals surface area contributed by atoms with Crippen molar-refractivity contribution in [1.82, 2.24) is 4.98 Å². The lowest BCUT2D eigenvalue weighted by atomic mass is 9.99. The number of furan rings is 1. The van der Waals surface area contributed by atoms with E-state index >= 15 is 0 Å². The molecule has 3 nitrogen and oxygen atoms in total. The van der Waals surface area contributed by atoms with Gasteiger partial charge in [0.25, 0.3) is 0 Å². The molecule has 0 unspecified atom stereocenters. The average molecular weight is 359 g/mol. The minimum atomic E-state index is -2.58. The van der Waals surface area contributed by atoms with Crippen molar-refractivity contribution in [1.29, 1.82) is 0 Å². The lowest BCUT2D eigenvalue weighted by molar-refractivity contribution is -0.660. The number of nitrogens with zero attached hydrogens (tertiary/aromatic N) is 2. The molecule has 0 spiro atoms. The summed E-state index contributed by atoms with van der Waals surface area (Å²) < 4.78 is 55.2. The third kappa shape index (κ3) is 2.35. The Morgan fingerprint density at radius 1 is 0.963 bits per heavy atom. The SMILES string of the molecule is [2H]C([2H])([2H])c1cc(-c2c(C)ccc3c2oc2nc4ccccc4cc23)[n+](C)cc1C([2H])([2H])[2H]. The predicted molar refractivity (Wildman–Crippen MR) is 110 cm³/mol. The van der Waals surface area contributed by atoms with Crippen molar-refractivity contribution < 1.29 is 17.2 Å². The maximum Gasteiger partial charge on any atom is 0.227 e. The number of hydrogen-bond donors (Lipinski definition) is 0. The second kappa shape index (κ2) is 5.65. The highest BCUT2D eigenvalue weighted by Crippen LogP contribution is 2.37. The molecule has 3 heterocycles. The molecule has 2 aromatic carbocycles. The topological polar surface area (TPSA) is 29.9 Å². The van der Waals surface area contributed by atoms with Gasteiger partial charge in [-0.2, -0.15) is 0 Å². The molecule has 0 saturated carbocycles. The number of fused-ring (bicyclic) bond motifs is 4. The lowest BCUT2D eigenvalue weighted by Crippen LogP contribution is -2.31. The molecule has 5 rings (SSSR count). The summed E-state index contributed by atoms with van der Waals surface area (Å²) in [6, 6.07) is 15.2. The molecule has 0 amide bonds. The van der Waals surface area contributed by atoms with Gasteiger partial charge in [-0.3, -0.25) is 0 Å². The van der Waals surface area contributed by atoms with E-state index in [9.17, 15) is 0 Å². The van der Waals surface area contributed by atoms with E-state index in [2.05, 4.69) is 4.98 Å². The van der Waals surface area contributed by atoms with E-state index in [1.54, 1.807) is 11.6 Å². The van der Waals surface area contributed by atoms with Crippen LogP contribution in [-0.4, -0.2) is 4.98 Å². The molecule has 0 aliphatic carbocycles. The van der Waals surface area contributed by atoms with E-state index in [4.69, 9.17) is 12.6 Å². The Kier molecular flexibility index (Phi) is 2.27. The van der Waals surface area contributed by atoms with Crippen molar-refractivity contribution in [2.45, 2.75) is 20.6 Å². The second-order valence-corrected chi connectivity index (χ2v) is 6.87. The highest BCUT2D eigenvalue weighted by molar-refractivity contribution is 6.11. The van der Waals surface area contributed by atoms with E-state index in [-0.39, 0.29) is 11.1 Å². The van der Waals surface area contributed by atoms with Gasteiger partial charge in [-0.25, -0.2) is 9.55 Å². The number of aromatic nitrogens is 2. The van der Waals surface area contributed by atoms with E-state index in [0.29, 0.717) is 22.6 Å². The fourth-order valence-electron chi connectivity index (χ4n) is 3.68. The molecular weight excluding hydrogens is 332 g/mol. The quantitative estimate of drug-likeness (QED) is 0.367. The summed E-state index contributed by atoms with van der Waals surface area (Å²) in [5, 5.41) is 2.72. The molecule has 3 aromatic heterocycles. The van der Waals surface area contributed by atoms with Gasteiger partial charge in [-0.15, -0.1) is 0 Å². The average Bonchev–Trinajstić information content (AvgIpc) is 3.08. The molecule has 0 atom stereocenters. The molecule has 0 N–H and O–H groups in total. The summed E-state index contributed by atoms with van der Waals surface area (Å²) in [6.07, 6.45) is 1.39. The molecule has 0 aliphatic heterocycles. The Balaban J connectivity index is 1.86. The lowest BCUT2D eigenvalue weighted by Gasteiger charge is -2.07. The summed E-state index contributed by atoms with van der Waals surface area (Å²) in [5.74, 6) is 0. The summed E-state index contributed by atoms with van der Waals surface area (Å²) in [7, 11) is 1.71. The largest absolute Gasteiger partial charge is 0.437 e. The normalized spacial score (nSPS) is 15.9. The molecule has 0 fully saturated rings. The smallest absolute Gasteiger partial charge is 0.227 e. The zero-order valence-electron chi connectivity index (χ0n) is 21.0. The zero-order valence-corrected chi connectivity index (χ0v) is 15.0. The van der Waals surface area contributed by atoms with Crippen LogP contribution in [0, 0.1) is 20.6 Å². The standard InChI is InChI=1S/C24H21N2O/c1-14-9-10-18-19-12-17-7-5-6-8-20(17)25-24(19)27-23(18)22(14)21-11-15(2)16(3)13-26(21)4/h5-13H,1-4H3/q+1/i2D3,3D3. The van der Waals surface area contributed by atoms with Crippen LogP contribution in [0.2, 0.25) is 0 Å². The third-order valence-electron chi connectivity index (χ3n) is 5.07. The minimum absolute atomic E-state index is 0.184. The Hall–Kier alpha value is -3.20. The number of rotatable bonds is 1. The first-order valence-electron chi connectivity index (χ1n) is 11.7. The predicted octanol–water partition coefficient (Wildman–Crippen LogP) is 5.55. The Bertz CT molecular complexity index is 1560. The van der Waals surface area contributed by atoms with Gasteiger partial charge in [0.1, 0.15) is 7.05 Å². The van der Waals surface area contributed by atoms with Crippen LogP contribution in [-0.2, 0) is 7.05 Å². The number of aryl methyl sites for hydroxylation is 4. The maximum atomic E-state index is 7.95. The van der Waals surface area contributed by atoms with Crippen LogP contribution in [0.4, 0.5) is 0 Å². The molecule has 27 heavy (non-hydrogen) atoms. The Morgan fingerprint density at radius 2 is 1.81 bits per heavy atom. The number of para-hydroxylation sites is 1. The maximum absolute atomic E-state index is 7.95. The van der Waals surface area contributed by atoms with Crippen molar-refractivity contribution >= 4 is 33.0 Å². The van der Waals surface area contributed by atoms with Crippen molar-refractivity contribution in [3.05, 3.63) is 71.4 Å². The molecule has 0 radical (unpaired) electrons. The van der Waals surface area contributed by atoms with E-state index in [1.807, 2.05) is 49.4 Å². The van der Waals surface area contributed by atoms with Crippen LogP contribution in [0.15, 0.2) is 59.1 Å². The van der Waals surface area contributed by atoms with Gasteiger partial charge in [-0.05, 0) is 43.9 Å². The minimum Gasteiger partial charge on any atom is -0.437 e. The first-order valence-corrected chi connectivity index (χ1v) is 8.72. The van der Waals surface area contributed by atoms with Crippen LogP contribution in [0.3, 0.4) is 0 Å². The molecule has 5 aromatic rings. The van der Waals surface area contributed by atoms with Crippen LogP contribution < -0.4 is 4.57 Å². The molecule has 0 aliphatic rings. The van der Waals surface area contributed by atoms with E-state index in [0.717, 1.165) is 27.2 Å². The van der Waals surface area contributed by atoms with Gasteiger partial charge in [0.15, 0.2) is 11.8 Å². The second-order valence-electron chi connectivity index (χ2n) is 6.87. The fraction of sp³-hybridized carbons (Fsp3) is 0.167. The van der Waals surface area contributed by atoms with Crippen LogP contribution in [0.1, 0.15) is 24.9 Å². The number of hydrogen-bond acceptors (Lipinski definition) is 2. The Labute approximate surface area is 166 Å². The van der Waals surface area contributed by atoms with E-state index in [1.165, 1.54) is 12.3 Å². The highest BCUT2D eigenvalue weighted by Gasteiger charge is 2.22. The van der Waals surface area contributed by atoms with Crippen molar-refractivity contribution in [3.8, 4) is 11.3 Å². The first kappa shape index (κ1) is 10.8. The molecule has 3 heteroatoms. The first-order chi connectivity index (χ1) is 15.4. The van der Waals surface area contributed by atoms with Crippen LogP contribution in [0.25, 0.3) is 44.2 Å². The number of pyridine rings is 2. The molecule has 0 bridgehead atoms. The van der Waals surface area contributed by atoms with Gasteiger partial charge >= 0.3 is 0 Å². The monoisotopic (exact) mass is 359 g/mol. The summed E-state index contributed by atoms with van der Waals surface area (Å²) in [6.45, 7) is -3.22. The zero-order chi connectivity index (χ0) is 23.7. The third-order valence-corrected chi connectivity index (χ3v) is 5.07. The summed E-state index contributed by atoms with van der Waals surface area (Å²) in [4.78, 5) is 4.67. The van der Waals surface area contributed by atoms with Crippen molar-refractivity contribution in [2.24, 2.45) is 7.05 Å². The fourth-order valence-corrected chi connectivity index (χ4v) is 3.68. The Morgan fingerprint density at radius 3 is 2.67 bits per heavy atom. The molecular formula is C24H21N2O+. The van der Waals surface area contributed by atoms with Gasteiger partial charge in [0.05, 0.1) is 11.1 Å². The van der Waals surface area contributed by atoms with Gasteiger partial charge in [-0.1, -0.05) is 30.3 Å². The number of benzene rings is 2. The van der Waals surface area contributed by atoms with Crippen molar-refractivity contribution in [2.75, 3.05) is 0 Å². The van der Waals surface area contributed by atoms with Gasteiger partial charge in [0, 0.05) is 36.0 Å². The van der Waals surface area contributed by atoms with E-state index < -0.39 is 13.7 Å². The molecule has 132 valence electrons. The summed E-state index contributed by atoms with van der Waals surface area (Å²) in [5.41, 5.74) is 3.66. The molecule has 0 saturated heterocycles. The summed E-state index contributed by atoms with van der Waals surface area (Å²) >= 11 is 0. The van der Waals surface area contributed by atoms with Crippen LogP contribution in [0.5, 0.6) is 0 Å². The van der Waals surface area contributed by atoms with Crippen molar-refractivity contribution in [3.63, 3.8) is 0 Å². The van der Waals surface area contributed by atoms with Crippen LogP contribution >= 0.6 is 0 Å². The van der Waals surface area contributed by atoms with Gasteiger partial charge < -0.3 is 4.42 Å². The highest BCUT2D eigenvalue weighted by atomic mass is 16.3.